The first kappa shape index (κ1) is 16.2. The fourth-order valence-corrected chi connectivity index (χ4v) is 2.08. The third kappa shape index (κ3) is 5.04. The van der Waals surface area contributed by atoms with Crippen LogP contribution >= 0.6 is 0 Å². The van der Waals surface area contributed by atoms with Crippen molar-refractivity contribution >= 4 is 17.9 Å². The van der Waals surface area contributed by atoms with Gasteiger partial charge in [0.1, 0.15) is 6.04 Å². The Hall–Kier alpha value is -1.83. The van der Waals surface area contributed by atoms with Gasteiger partial charge in [0.05, 0.1) is 0 Å². The predicted molar refractivity (Wildman–Crippen MR) is 70.2 cm³/mol. The molecule has 114 valence electrons. The lowest BCUT2D eigenvalue weighted by Gasteiger charge is -2.21. The molecule has 1 aliphatic heterocycles. The van der Waals surface area contributed by atoms with Gasteiger partial charge < -0.3 is 25.4 Å². The molecule has 1 aliphatic rings. The average molecular weight is 287 g/mol. The number of nitrogens with zero attached hydrogens (tertiary/aromatic N) is 1. The summed E-state index contributed by atoms with van der Waals surface area (Å²) in [5.41, 5.74) is 0. The summed E-state index contributed by atoms with van der Waals surface area (Å²) in [7, 11) is 1.47. The molecule has 20 heavy (non-hydrogen) atoms. The Bertz CT molecular complexity index is 374. The number of carbonyl (C=O) groups excluding carboxylic acids is 2. The monoisotopic (exact) mass is 287 g/mol. The minimum absolute atomic E-state index is 0.0690. The van der Waals surface area contributed by atoms with Crippen LogP contribution in [0.25, 0.3) is 0 Å². The van der Waals surface area contributed by atoms with Gasteiger partial charge in [0.25, 0.3) is 0 Å². The average Bonchev–Trinajstić information content (AvgIpc) is 2.81. The number of carbonyl (C=O) groups is 3. The van der Waals surface area contributed by atoms with Crippen LogP contribution in [0.3, 0.4) is 0 Å². The number of ether oxygens (including phenoxy) is 1. The van der Waals surface area contributed by atoms with E-state index >= 15 is 0 Å². The maximum atomic E-state index is 12.0. The van der Waals surface area contributed by atoms with Crippen LogP contribution in [0.2, 0.25) is 0 Å². The zero-order valence-corrected chi connectivity index (χ0v) is 11.7. The van der Waals surface area contributed by atoms with Crippen molar-refractivity contribution in [2.45, 2.75) is 31.8 Å². The summed E-state index contributed by atoms with van der Waals surface area (Å²) in [5, 5.41) is 14.2. The van der Waals surface area contributed by atoms with Gasteiger partial charge in [-0.25, -0.2) is 9.59 Å². The largest absolute Gasteiger partial charge is 0.480 e. The Balaban J connectivity index is 2.45. The van der Waals surface area contributed by atoms with Gasteiger partial charge in [-0.05, 0) is 6.42 Å². The van der Waals surface area contributed by atoms with Gasteiger partial charge in [-0.15, -0.1) is 0 Å². The van der Waals surface area contributed by atoms with Crippen LogP contribution in [0.5, 0.6) is 0 Å². The summed E-state index contributed by atoms with van der Waals surface area (Å²) in [6, 6.07) is -1.47. The first-order valence-electron chi connectivity index (χ1n) is 6.48. The Morgan fingerprint density at radius 3 is 2.70 bits per heavy atom. The van der Waals surface area contributed by atoms with E-state index in [1.54, 1.807) is 0 Å². The SMILES string of the molecule is COCCC(NC(=O)N1CCC(NC(C)=O)C1)C(=O)O. The highest BCUT2D eigenvalue weighted by Crippen LogP contribution is 2.09. The highest BCUT2D eigenvalue weighted by atomic mass is 16.5. The van der Waals surface area contributed by atoms with E-state index in [1.807, 2.05) is 0 Å². The molecule has 3 N–H and O–H groups in total. The second-order valence-corrected chi connectivity index (χ2v) is 4.75. The quantitative estimate of drug-likeness (QED) is 0.604. The molecule has 8 heteroatoms. The number of nitrogens with one attached hydrogen (secondary N) is 2. The highest BCUT2D eigenvalue weighted by Gasteiger charge is 2.29. The zero-order chi connectivity index (χ0) is 15.1. The van der Waals surface area contributed by atoms with Gasteiger partial charge in [0.2, 0.25) is 5.91 Å². The summed E-state index contributed by atoms with van der Waals surface area (Å²) in [4.78, 5) is 35.4. The standard InChI is InChI=1S/C12H21N3O5/c1-8(16)13-9-3-5-15(7-9)12(19)14-10(11(17)18)4-6-20-2/h9-10H,3-7H2,1-2H3,(H,13,16)(H,14,19)(H,17,18). The molecule has 0 aromatic heterocycles. The number of hydrogen-bond donors (Lipinski definition) is 3. The molecule has 0 radical (unpaired) electrons. The van der Waals surface area contributed by atoms with E-state index in [9.17, 15) is 14.4 Å². The topological polar surface area (TPSA) is 108 Å². The number of likely N-dealkylation sites (tertiary alicyclic amines) is 1. The highest BCUT2D eigenvalue weighted by molar-refractivity contribution is 5.82. The molecule has 0 saturated carbocycles. The molecule has 1 fully saturated rings. The maximum absolute atomic E-state index is 12.0. The lowest BCUT2D eigenvalue weighted by Crippen LogP contribution is -2.48. The number of methoxy groups -OCH3 is 1. The van der Waals surface area contributed by atoms with Crippen LogP contribution in [0.4, 0.5) is 4.79 Å². The van der Waals surface area contributed by atoms with E-state index < -0.39 is 18.0 Å². The fraction of sp³-hybridized carbons (Fsp3) is 0.750. The maximum Gasteiger partial charge on any atom is 0.326 e. The smallest absolute Gasteiger partial charge is 0.326 e. The second-order valence-electron chi connectivity index (χ2n) is 4.75. The molecule has 1 heterocycles. The van der Waals surface area contributed by atoms with Crippen LogP contribution in [-0.2, 0) is 14.3 Å². The molecule has 0 aromatic rings. The van der Waals surface area contributed by atoms with Crippen molar-refractivity contribution in [1.29, 1.82) is 0 Å². The first-order valence-corrected chi connectivity index (χ1v) is 6.48. The third-order valence-electron chi connectivity index (χ3n) is 3.09. The number of amides is 3. The van der Waals surface area contributed by atoms with Crippen molar-refractivity contribution in [2.24, 2.45) is 0 Å². The Morgan fingerprint density at radius 1 is 1.45 bits per heavy atom. The van der Waals surface area contributed by atoms with E-state index in [0.717, 1.165) is 0 Å². The summed E-state index contributed by atoms with van der Waals surface area (Å²) in [6.45, 7) is 2.56. The molecule has 1 saturated heterocycles. The molecule has 1 rings (SSSR count). The van der Waals surface area contributed by atoms with Gasteiger partial charge in [-0.2, -0.15) is 0 Å². The molecule has 8 nitrogen and oxygen atoms in total. The van der Waals surface area contributed by atoms with Gasteiger partial charge in [-0.1, -0.05) is 0 Å². The number of urea groups is 1. The van der Waals surface area contributed by atoms with Crippen molar-refractivity contribution in [2.75, 3.05) is 26.8 Å². The third-order valence-corrected chi connectivity index (χ3v) is 3.09. The number of carboxylic acids is 1. The molecular weight excluding hydrogens is 266 g/mol. The molecule has 3 amide bonds. The molecule has 2 unspecified atom stereocenters. The van der Waals surface area contributed by atoms with Gasteiger partial charge in [0, 0.05) is 46.2 Å². The van der Waals surface area contributed by atoms with Crippen LogP contribution in [-0.4, -0.2) is 66.8 Å². The summed E-state index contributed by atoms with van der Waals surface area (Å²) in [5.74, 6) is -1.23. The van der Waals surface area contributed by atoms with E-state index in [1.165, 1.54) is 18.9 Å². The summed E-state index contributed by atoms with van der Waals surface area (Å²) >= 11 is 0. The Labute approximate surface area is 117 Å². The number of rotatable bonds is 6. The molecule has 0 bridgehead atoms. The molecule has 0 spiro atoms. The van der Waals surface area contributed by atoms with Gasteiger partial charge in [0.15, 0.2) is 0 Å². The van der Waals surface area contributed by atoms with E-state index in [0.29, 0.717) is 19.5 Å². The van der Waals surface area contributed by atoms with Gasteiger partial charge >= 0.3 is 12.0 Å². The minimum Gasteiger partial charge on any atom is -0.480 e. The van der Waals surface area contributed by atoms with Crippen LogP contribution in [0, 0.1) is 0 Å². The lowest BCUT2D eigenvalue weighted by molar-refractivity contribution is -0.139. The molecule has 2 atom stereocenters. The van der Waals surface area contributed by atoms with Crippen LogP contribution in [0.1, 0.15) is 19.8 Å². The van der Waals surface area contributed by atoms with E-state index in [-0.39, 0.29) is 25.0 Å². The molecule has 0 aromatic carbocycles. The zero-order valence-electron chi connectivity index (χ0n) is 11.7. The van der Waals surface area contributed by atoms with Crippen LogP contribution < -0.4 is 10.6 Å². The van der Waals surface area contributed by atoms with E-state index in [2.05, 4.69) is 10.6 Å². The predicted octanol–water partition coefficient (Wildman–Crippen LogP) is -0.604. The normalized spacial score (nSPS) is 19.5. The Morgan fingerprint density at radius 2 is 2.15 bits per heavy atom. The number of aliphatic carboxylic acids is 1. The lowest BCUT2D eigenvalue weighted by atomic mass is 10.2. The van der Waals surface area contributed by atoms with Crippen molar-refractivity contribution in [1.82, 2.24) is 15.5 Å². The van der Waals surface area contributed by atoms with Gasteiger partial charge in [-0.3, -0.25) is 4.79 Å². The minimum atomic E-state index is -1.09. The van der Waals surface area contributed by atoms with Crippen molar-refractivity contribution in [3.8, 4) is 0 Å². The second kappa shape index (κ2) is 7.68. The van der Waals surface area contributed by atoms with E-state index in [4.69, 9.17) is 9.84 Å². The summed E-state index contributed by atoms with van der Waals surface area (Å²) < 4.78 is 4.81. The number of carboxylic acid groups (broad SMARTS) is 1. The molecule has 0 aliphatic carbocycles. The number of hydrogen-bond acceptors (Lipinski definition) is 4. The fourth-order valence-electron chi connectivity index (χ4n) is 2.08. The van der Waals surface area contributed by atoms with Crippen molar-refractivity contribution in [3.05, 3.63) is 0 Å². The molecular formula is C12H21N3O5. The van der Waals surface area contributed by atoms with Crippen molar-refractivity contribution < 1.29 is 24.2 Å². The Kier molecular flexibility index (Phi) is 6.23. The van der Waals surface area contributed by atoms with Crippen LogP contribution in [0.15, 0.2) is 0 Å². The summed E-state index contributed by atoms with van der Waals surface area (Å²) in [6.07, 6.45) is 0.878. The first-order chi connectivity index (χ1) is 9.43. The van der Waals surface area contributed by atoms with Crippen molar-refractivity contribution in [3.63, 3.8) is 0 Å².